The first-order valence-corrected chi connectivity index (χ1v) is 10.1. The molecule has 0 radical (unpaired) electrons. The molecule has 2 aliphatic rings. The van der Waals surface area contributed by atoms with Crippen molar-refractivity contribution in [1.82, 2.24) is 10.2 Å². The van der Waals surface area contributed by atoms with E-state index in [2.05, 4.69) is 44.3 Å². The number of anilines is 2. The molecule has 1 N–H and O–H groups in total. The Bertz CT molecular complexity index is 941. The number of hydrogen-bond donors (Lipinski definition) is 1. The highest BCUT2D eigenvalue weighted by Gasteiger charge is 2.25. The van der Waals surface area contributed by atoms with Gasteiger partial charge in [0.25, 0.3) is 0 Å². The molecule has 5 rings (SSSR count). The first-order chi connectivity index (χ1) is 13.8. The number of hydrogen-bond acceptors (Lipinski definition) is 4. The van der Waals surface area contributed by atoms with Crippen molar-refractivity contribution in [3.63, 3.8) is 0 Å². The lowest BCUT2D eigenvalue weighted by Crippen LogP contribution is -2.36. The van der Waals surface area contributed by atoms with Crippen LogP contribution in [0.4, 0.5) is 15.8 Å². The van der Waals surface area contributed by atoms with Gasteiger partial charge in [-0.2, -0.15) is 5.10 Å². The third kappa shape index (κ3) is 3.22. The Morgan fingerprint density at radius 2 is 1.54 bits per heavy atom. The van der Waals surface area contributed by atoms with Gasteiger partial charge in [-0.05, 0) is 43.2 Å². The molecule has 3 aromatic rings. The van der Waals surface area contributed by atoms with Crippen LogP contribution in [0.5, 0.6) is 0 Å². The number of piperidine rings is 1. The van der Waals surface area contributed by atoms with E-state index in [9.17, 15) is 4.39 Å². The van der Waals surface area contributed by atoms with Crippen LogP contribution in [-0.4, -0.2) is 49.6 Å². The largest absolute Gasteiger partial charge is 0.378 e. The van der Waals surface area contributed by atoms with E-state index in [0.717, 1.165) is 63.3 Å². The summed E-state index contributed by atoms with van der Waals surface area (Å²) in [4.78, 5) is 4.82. The molecule has 0 bridgehead atoms. The van der Waals surface area contributed by atoms with Crippen LogP contribution in [0, 0.1) is 5.82 Å². The molecule has 0 saturated carbocycles. The highest BCUT2D eigenvalue weighted by Crippen LogP contribution is 2.34. The van der Waals surface area contributed by atoms with Crippen LogP contribution in [0.15, 0.2) is 42.5 Å². The first kappa shape index (κ1) is 17.5. The topological polar surface area (TPSA) is 44.4 Å². The van der Waals surface area contributed by atoms with E-state index in [1.165, 1.54) is 17.4 Å². The Morgan fingerprint density at radius 1 is 0.893 bits per heavy atom. The molecule has 2 aliphatic heterocycles. The second-order valence-electron chi connectivity index (χ2n) is 7.65. The molecule has 28 heavy (non-hydrogen) atoms. The van der Waals surface area contributed by atoms with Crippen LogP contribution in [0.2, 0.25) is 0 Å². The number of H-pyrrole nitrogens is 1. The maximum Gasteiger partial charge on any atom is 0.148 e. The minimum atomic E-state index is -0.228. The highest BCUT2D eigenvalue weighted by atomic mass is 19.1. The molecule has 0 spiro atoms. The van der Waals surface area contributed by atoms with Crippen molar-refractivity contribution >= 4 is 22.3 Å². The smallest absolute Gasteiger partial charge is 0.148 e. The van der Waals surface area contributed by atoms with E-state index < -0.39 is 0 Å². The summed E-state index contributed by atoms with van der Waals surface area (Å²) in [7, 11) is 0. The van der Waals surface area contributed by atoms with Gasteiger partial charge in [0.1, 0.15) is 11.3 Å². The summed E-state index contributed by atoms with van der Waals surface area (Å²) in [6.45, 7) is 5.52. The number of para-hydroxylation sites is 1. The van der Waals surface area contributed by atoms with E-state index in [-0.39, 0.29) is 5.82 Å². The van der Waals surface area contributed by atoms with Gasteiger partial charge < -0.3 is 14.5 Å². The van der Waals surface area contributed by atoms with Crippen LogP contribution in [0.1, 0.15) is 24.5 Å². The Hall–Kier alpha value is -2.60. The van der Waals surface area contributed by atoms with Gasteiger partial charge in [-0.1, -0.05) is 12.1 Å². The number of aromatic amines is 1. The van der Waals surface area contributed by atoms with Crippen molar-refractivity contribution in [2.75, 3.05) is 49.2 Å². The molecule has 0 atom stereocenters. The quantitative estimate of drug-likeness (QED) is 0.748. The number of nitrogens with one attached hydrogen (secondary N) is 1. The van der Waals surface area contributed by atoms with Crippen LogP contribution >= 0.6 is 0 Å². The van der Waals surface area contributed by atoms with Gasteiger partial charge in [-0.25, -0.2) is 4.39 Å². The minimum absolute atomic E-state index is 0.228. The lowest BCUT2D eigenvalue weighted by atomic mass is 9.91. The zero-order valence-electron chi connectivity index (χ0n) is 15.9. The third-order valence-corrected chi connectivity index (χ3v) is 6.05. The standard InChI is InChI=1S/C22H25FN4O/c23-20-3-1-2-19-21(24-25-22(19)20)16-8-10-26(11-9-16)17-4-6-18(7-5-17)27-12-14-28-15-13-27/h1-7,16H,8-15H2,(H,24,25). The fraction of sp³-hybridized carbons (Fsp3) is 0.409. The van der Waals surface area contributed by atoms with E-state index >= 15 is 0 Å². The van der Waals surface area contributed by atoms with E-state index in [1.807, 2.05) is 6.07 Å². The summed E-state index contributed by atoms with van der Waals surface area (Å²) < 4.78 is 19.4. The first-order valence-electron chi connectivity index (χ1n) is 10.1. The molecule has 0 amide bonds. The summed E-state index contributed by atoms with van der Waals surface area (Å²) in [6, 6.07) is 14.1. The Labute approximate surface area is 164 Å². The maximum atomic E-state index is 13.9. The molecule has 2 aromatic carbocycles. The van der Waals surface area contributed by atoms with Crippen molar-refractivity contribution in [2.24, 2.45) is 0 Å². The molecule has 6 heteroatoms. The normalized spacial score (nSPS) is 18.8. The molecule has 0 aliphatic carbocycles. The highest BCUT2D eigenvalue weighted by molar-refractivity contribution is 5.82. The number of rotatable bonds is 3. The summed E-state index contributed by atoms with van der Waals surface area (Å²) in [5.74, 6) is 0.147. The van der Waals surface area contributed by atoms with Gasteiger partial charge in [0.15, 0.2) is 0 Å². The van der Waals surface area contributed by atoms with Crippen molar-refractivity contribution in [3.05, 3.63) is 54.0 Å². The fourth-order valence-electron chi connectivity index (χ4n) is 4.45. The molecule has 2 saturated heterocycles. The number of ether oxygens (including phenoxy) is 1. The number of benzene rings is 2. The van der Waals surface area contributed by atoms with Gasteiger partial charge in [-0.3, -0.25) is 5.10 Å². The summed E-state index contributed by atoms with van der Waals surface area (Å²) in [5, 5.41) is 8.25. The van der Waals surface area contributed by atoms with Crippen LogP contribution in [0.3, 0.4) is 0 Å². The Morgan fingerprint density at radius 3 is 2.21 bits per heavy atom. The van der Waals surface area contributed by atoms with Crippen molar-refractivity contribution in [3.8, 4) is 0 Å². The second kappa shape index (κ2) is 7.43. The number of nitrogens with zero attached hydrogens (tertiary/aromatic N) is 3. The van der Waals surface area contributed by atoms with Crippen molar-refractivity contribution < 1.29 is 9.13 Å². The lowest BCUT2D eigenvalue weighted by Gasteiger charge is -2.34. The lowest BCUT2D eigenvalue weighted by molar-refractivity contribution is 0.122. The third-order valence-electron chi connectivity index (χ3n) is 6.05. The summed E-state index contributed by atoms with van der Waals surface area (Å²) in [6.07, 6.45) is 2.06. The fourth-order valence-corrected chi connectivity index (χ4v) is 4.45. The molecule has 5 nitrogen and oxygen atoms in total. The van der Waals surface area contributed by atoms with E-state index in [1.54, 1.807) is 6.07 Å². The van der Waals surface area contributed by atoms with Gasteiger partial charge in [-0.15, -0.1) is 0 Å². The molecular formula is C22H25FN4O. The molecule has 146 valence electrons. The summed E-state index contributed by atoms with van der Waals surface area (Å²) in [5.41, 5.74) is 4.08. The van der Waals surface area contributed by atoms with Gasteiger partial charge >= 0.3 is 0 Å². The average Bonchev–Trinajstić information content (AvgIpc) is 3.20. The SMILES string of the molecule is Fc1cccc2c(C3CCN(c4ccc(N5CCOCC5)cc4)CC3)n[nH]c12. The minimum Gasteiger partial charge on any atom is -0.378 e. The number of aromatic nitrogens is 2. The molecular weight excluding hydrogens is 355 g/mol. The molecule has 1 aromatic heterocycles. The van der Waals surface area contributed by atoms with Crippen molar-refractivity contribution in [1.29, 1.82) is 0 Å². The monoisotopic (exact) mass is 380 g/mol. The predicted octanol–water partition coefficient (Wildman–Crippen LogP) is 3.92. The van der Waals surface area contributed by atoms with Crippen molar-refractivity contribution in [2.45, 2.75) is 18.8 Å². The molecule has 0 unspecified atom stereocenters. The Balaban J connectivity index is 1.26. The van der Waals surface area contributed by atoms with Gasteiger partial charge in [0.2, 0.25) is 0 Å². The zero-order valence-corrected chi connectivity index (χ0v) is 15.9. The van der Waals surface area contributed by atoms with Gasteiger partial charge in [0.05, 0.1) is 18.9 Å². The average molecular weight is 380 g/mol. The van der Waals surface area contributed by atoms with Crippen LogP contribution in [-0.2, 0) is 4.74 Å². The van der Waals surface area contributed by atoms with Crippen LogP contribution in [0.25, 0.3) is 10.9 Å². The van der Waals surface area contributed by atoms with E-state index in [4.69, 9.17) is 4.74 Å². The maximum absolute atomic E-state index is 13.9. The van der Waals surface area contributed by atoms with Crippen LogP contribution < -0.4 is 9.80 Å². The Kier molecular flexibility index (Phi) is 4.64. The van der Waals surface area contributed by atoms with E-state index in [0.29, 0.717) is 11.4 Å². The zero-order chi connectivity index (χ0) is 18.9. The molecule has 2 fully saturated rings. The number of fused-ring (bicyclic) bond motifs is 1. The second-order valence-corrected chi connectivity index (χ2v) is 7.65. The molecule has 3 heterocycles. The predicted molar refractivity (Wildman–Crippen MR) is 110 cm³/mol. The number of morpholine rings is 1. The summed E-state index contributed by atoms with van der Waals surface area (Å²) >= 11 is 0. The van der Waals surface area contributed by atoms with Gasteiger partial charge in [0, 0.05) is 48.9 Å². The number of halogens is 1.